The number of methoxy groups -OCH3 is 1. The standard InChI is InChI=1S/C21H26N2O6S/c1-3-29-19-8-7-17(15-20(19)30(25,26)23-9-11-28-12-10-23)22-21(24)14-16-5-4-6-18(13-16)27-2/h4-8,13,15H,3,9-12,14H2,1-2H3,(H,22,24). The van der Waals surface area contributed by atoms with E-state index in [0.29, 0.717) is 31.3 Å². The molecule has 1 fully saturated rings. The van der Waals surface area contributed by atoms with Crippen LogP contribution in [0.15, 0.2) is 47.4 Å². The van der Waals surface area contributed by atoms with Crippen molar-refractivity contribution in [3.05, 3.63) is 48.0 Å². The number of hydrogen-bond donors (Lipinski definition) is 1. The number of nitrogens with one attached hydrogen (secondary N) is 1. The van der Waals surface area contributed by atoms with Crippen molar-refractivity contribution in [2.45, 2.75) is 18.2 Å². The first kappa shape index (κ1) is 22.1. The van der Waals surface area contributed by atoms with Gasteiger partial charge in [-0.3, -0.25) is 4.79 Å². The van der Waals surface area contributed by atoms with Gasteiger partial charge in [0.1, 0.15) is 16.4 Å². The molecule has 0 spiro atoms. The maximum absolute atomic E-state index is 13.1. The number of sulfonamides is 1. The van der Waals surface area contributed by atoms with Crippen LogP contribution in [0.2, 0.25) is 0 Å². The number of anilines is 1. The van der Waals surface area contributed by atoms with Gasteiger partial charge < -0.3 is 19.5 Å². The molecule has 2 aromatic carbocycles. The Morgan fingerprint density at radius 2 is 1.93 bits per heavy atom. The van der Waals surface area contributed by atoms with Crippen molar-refractivity contribution in [3.8, 4) is 11.5 Å². The normalized spacial score (nSPS) is 14.9. The van der Waals surface area contributed by atoms with Crippen molar-refractivity contribution in [2.75, 3.05) is 45.3 Å². The SMILES string of the molecule is CCOc1ccc(NC(=O)Cc2cccc(OC)c2)cc1S(=O)(=O)N1CCOCC1. The summed E-state index contributed by atoms with van der Waals surface area (Å²) in [7, 11) is -2.22. The predicted molar refractivity (Wildman–Crippen MR) is 113 cm³/mol. The summed E-state index contributed by atoms with van der Waals surface area (Å²) in [5, 5.41) is 2.77. The molecule has 0 bridgehead atoms. The molecule has 162 valence electrons. The summed E-state index contributed by atoms with van der Waals surface area (Å²) < 4.78 is 43.6. The maximum atomic E-state index is 13.1. The Morgan fingerprint density at radius 3 is 2.63 bits per heavy atom. The fourth-order valence-corrected chi connectivity index (χ4v) is 4.73. The summed E-state index contributed by atoms with van der Waals surface area (Å²) in [5.41, 5.74) is 1.18. The van der Waals surface area contributed by atoms with Crippen LogP contribution in [-0.2, 0) is 26.0 Å². The molecule has 1 saturated heterocycles. The number of carbonyl (C=O) groups is 1. The summed E-state index contributed by atoms with van der Waals surface area (Å²) in [4.78, 5) is 12.5. The molecule has 0 atom stereocenters. The summed E-state index contributed by atoms with van der Waals surface area (Å²) >= 11 is 0. The molecule has 1 N–H and O–H groups in total. The van der Waals surface area contributed by atoms with E-state index < -0.39 is 10.0 Å². The summed E-state index contributed by atoms with van der Waals surface area (Å²) in [5.74, 6) is 0.664. The van der Waals surface area contributed by atoms with Crippen molar-refractivity contribution in [3.63, 3.8) is 0 Å². The van der Waals surface area contributed by atoms with E-state index in [9.17, 15) is 13.2 Å². The number of carbonyl (C=O) groups excluding carboxylic acids is 1. The Labute approximate surface area is 176 Å². The van der Waals surface area contributed by atoms with Gasteiger partial charge in [0.2, 0.25) is 15.9 Å². The van der Waals surface area contributed by atoms with E-state index in [2.05, 4.69) is 5.32 Å². The second-order valence-corrected chi connectivity index (χ2v) is 8.59. The van der Waals surface area contributed by atoms with Gasteiger partial charge in [0.25, 0.3) is 0 Å². The van der Waals surface area contributed by atoms with E-state index in [1.54, 1.807) is 38.3 Å². The Bertz CT molecular complexity index is 987. The first-order valence-electron chi connectivity index (χ1n) is 9.71. The number of nitrogens with zero attached hydrogens (tertiary/aromatic N) is 1. The summed E-state index contributed by atoms with van der Waals surface area (Å²) in [6.07, 6.45) is 0.135. The molecule has 1 amide bonds. The summed E-state index contributed by atoms with van der Waals surface area (Å²) in [6, 6.07) is 11.9. The van der Waals surface area contributed by atoms with Gasteiger partial charge in [0.15, 0.2) is 0 Å². The number of rotatable bonds is 8. The van der Waals surface area contributed by atoms with Crippen LogP contribution in [0, 0.1) is 0 Å². The number of morpholine rings is 1. The zero-order valence-electron chi connectivity index (χ0n) is 17.1. The fraction of sp³-hybridized carbons (Fsp3) is 0.381. The Morgan fingerprint density at radius 1 is 1.17 bits per heavy atom. The third-order valence-electron chi connectivity index (χ3n) is 4.61. The van der Waals surface area contributed by atoms with Crippen LogP contribution >= 0.6 is 0 Å². The minimum atomic E-state index is -3.78. The average molecular weight is 435 g/mol. The van der Waals surface area contributed by atoms with Crippen LogP contribution in [0.5, 0.6) is 11.5 Å². The van der Waals surface area contributed by atoms with E-state index in [-0.39, 0.29) is 36.1 Å². The Hall–Kier alpha value is -2.62. The molecule has 0 aromatic heterocycles. The van der Waals surface area contributed by atoms with E-state index in [4.69, 9.17) is 14.2 Å². The smallest absolute Gasteiger partial charge is 0.246 e. The van der Waals surface area contributed by atoms with Gasteiger partial charge in [-0.05, 0) is 42.8 Å². The molecule has 1 heterocycles. The second-order valence-electron chi connectivity index (χ2n) is 6.69. The highest BCUT2D eigenvalue weighted by Crippen LogP contribution is 2.30. The third-order valence-corrected chi connectivity index (χ3v) is 6.53. The van der Waals surface area contributed by atoms with Gasteiger partial charge in [0.05, 0.1) is 33.4 Å². The molecule has 0 unspecified atom stereocenters. The lowest BCUT2D eigenvalue weighted by molar-refractivity contribution is -0.115. The van der Waals surface area contributed by atoms with E-state index in [0.717, 1.165) is 5.56 Å². The van der Waals surface area contributed by atoms with Crippen molar-refractivity contribution in [2.24, 2.45) is 0 Å². The minimum Gasteiger partial charge on any atom is -0.497 e. The van der Waals surface area contributed by atoms with E-state index in [1.807, 2.05) is 12.1 Å². The molecular weight excluding hydrogens is 408 g/mol. The van der Waals surface area contributed by atoms with Gasteiger partial charge in [-0.1, -0.05) is 12.1 Å². The molecule has 9 heteroatoms. The Kier molecular flexibility index (Phi) is 7.30. The highest BCUT2D eigenvalue weighted by Gasteiger charge is 2.29. The first-order valence-corrected chi connectivity index (χ1v) is 11.2. The fourth-order valence-electron chi connectivity index (χ4n) is 3.16. The summed E-state index contributed by atoms with van der Waals surface area (Å²) in [6.45, 7) is 3.36. The monoisotopic (exact) mass is 434 g/mol. The number of benzene rings is 2. The van der Waals surface area contributed by atoms with Crippen molar-refractivity contribution >= 4 is 21.6 Å². The molecule has 0 saturated carbocycles. The van der Waals surface area contributed by atoms with E-state index >= 15 is 0 Å². The largest absolute Gasteiger partial charge is 0.497 e. The first-order chi connectivity index (χ1) is 14.4. The van der Waals surface area contributed by atoms with Gasteiger partial charge in [0, 0.05) is 18.8 Å². The number of amides is 1. The predicted octanol–water partition coefficient (Wildman–Crippen LogP) is 2.30. The molecule has 3 rings (SSSR count). The lowest BCUT2D eigenvalue weighted by atomic mass is 10.1. The molecule has 0 aliphatic carbocycles. The van der Waals surface area contributed by atoms with Gasteiger partial charge in [-0.15, -0.1) is 0 Å². The average Bonchev–Trinajstić information content (AvgIpc) is 2.75. The highest BCUT2D eigenvalue weighted by atomic mass is 32.2. The molecule has 30 heavy (non-hydrogen) atoms. The maximum Gasteiger partial charge on any atom is 0.246 e. The molecule has 8 nitrogen and oxygen atoms in total. The molecule has 1 aliphatic rings. The molecule has 2 aromatic rings. The number of hydrogen-bond acceptors (Lipinski definition) is 6. The van der Waals surface area contributed by atoms with Gasteiger partial charge in [-0.25, -0.2) is 8.42 Å². The van der Waals surface area contributed by atoms with Gasteiger partial charge in [-0.2, -0.15) is 4.31 Å². The molecule has 1 aliphatic heterocycles. The molecular formula is C21H26N2O6S. The zero-order valence-corrected chi connectivity index (χ0v) is 17.9. The number of ether oxygens (including phenoxy) is 3. The lowest BCUT2D eigenvalue weighted by Crippen LogP contribution is -2.40. The zero-order chi connectivity index (χ0) is 21.6. The van der Waals surface area contributed by atoms with Crippen molar-refractivity contribution in [1.29, 1.82) is 0 Å². The molecule has 0 radical (unpaired) electrons. The van der Waals surface area contributed by atoms with Gasteiger partial charge >= 0.3 is 0 Å². The van der Waals surface area contributed by atoms with Crippen molar-refractivity contribution < 1.29 is 27.4 Å². The van der Waals surface area contributed by atoms with Crippen molar-refractivity contribution in [1.82, 2.24) is 4.31 Å². The van der Waals surface area contributed by atoms with Crippen LogP contribution in [0.25, 0.3) is 0 Å². The van der Waals surface area contributed by atoms with Crippen LogP contribution in [0.3, 0.4) is 0 Å². The van der Waals surface area contributed by atoms with Crippen LogP contribution in [-0.4, -0.2) is 58.7 Å². The van der Waals surface area contributed by atoms with Crippen LogP contribution < -0.4 is 14.8 Å². The topological polar surface area (TPSA) is 94.2 Å². The third kappa shape index (κ3) is 5.29. The van der Waals surface area contributed by atoms with Crippen LogP contribution in [0.1, 0.15) is 12.5 Å². The quantitative estimate of drug-likeness (QED) is 0.685. The highest BCUT2D eigenvalue weighted by molar-refractivity contribution is 7.89. The van der Waals surface area contributed by atoms with Crippen LogP contribution in [0.4, 0.5) is 5.69 Å². The Balaban J connectivity index is 1.81. The minimum absolute atomic E-state index is 0.0328. The second kappa shape index (κ2) is 9.92. The lowest BCUT2D eigenvalue weighted by Gasteiger charge is -2.27. The van der Waals surface area contributed by atoms with E-state index in [1.165, 1.54) is 10.4 Å².